The van der Waals surface area contributed by atoms with Gasteiger partial charge in [0.2, 0.25) is 0 Å². The van der Waals surface area contributed by atoms with Gasteiger partial charge < -0.3 is 29.3 Å². The van der Waals surface area contributed by atoms with E-state index in [2.05, 4.69) is 4.74 Å². The van der Waals surface area contributed by atoms with Crippen LogP contribution in [0.2, 0.25) is 0 Å². The molecule has 2 atom stereocenters. The molecule has 0 amide bonds. The van der Waals surface area contributed by atoms with Crippen LogP contribution in [-0.2, 0) is 14.3 Å². The smallest absolute Gasteiger partial charge is 0.338 e. The lowest BCUT2D eigenvalue weighted by atomic mass is 10.2. The predicted octanol–water partition coefficient (Wildman–Crippen LogP) is -3.29. The summed E-state index contributed by atoms with van der Waals surface area (Å²) in [5.74, 6) is -3.10. The molecule has 16 heavy (non-hydrogen) atoms. The van der Waals surface area contributed by atoms with Crippen molar-refractivity contribution in [2.45, 2.75) is 12.2 Å². The van der Waals surface area contributed by atoms with Crippen molar-refractivity contribution in [3.8, 4) is 0 Å². The lowest BCUT2D eigenvalue weighted by molar-refractivity contribution is -0.870. The molecule has 0 aliphatic heterocycles. The Bertz CT molecular complexity index is 259. The first-order valence-corrected chi connectivity index (χ1v) is 4.69. The highest BCUT2D eigenvalue weighted by molar-refractivity contribution is 5.83. The molecule has 0 unspecified atom stereocenters. The summed E-state index contributed by atoms with van der Waals surface area (Å²) in [6.45, 7) is 0.527. The molecule has 0 rings (SSSR count). The number of quaternary nitrogens is 1. The standard InChI is InChI=1S/C9H17NO6/c1-10(2,3)4-5-16-9(15)7(12)6(11)8(13)14/h6-7,11-12H,4-5H2,1-3H3/t6-,7-/m0/s1. The molecular formula is C9H17NO6. The van der Waals surface area contributed by atoms with Crippen molar-refractivity contribution in [2.75, 3.05) is 34.3 Å². The van der Waals surface area contributed by atoms with Gasteiger partial charge in [-0.3, -0.25) is 0 Å². The summed E-state index contributed by atoms with van der Waals surface area (Å²) >= 11 is 0. The second kappa shape index (κ2) is 5.78. The number of aliphatic hydroxyl groups excluding tert-OH is 2. The van der Waals surface area contributed by atoms with Crippen LogP contribution in [0.25, 0.3) is 0 Å². The van der Waals surface area contributed by atoms with Gasteiger partial charge >= 0.3 is 5.97 Å². The number of hydrogen-bond acceptors (Lipinski definition) is 6. The molecule has 0 aromatic heterocycles. The summed E-state index contributed by atoms with van der Waals surface area (Å²) in [5, 5.41) is 28.0. The predicted molar refractivity (Wildman–Crippen MR) is 50.9 cm³/mol. The molecule has 0 bridgehead atoms. The Morgan fingerprint density at radius 1 is 1.25 bits per heavy atom. The Morgan fingerprint density at radius 3 is 2.12 bits per heavy atom. The Morgan fingerprint density at radius 2 is 1.75 bits per heavy atom. The summed E-state index contributed by atoms with van der Waals surface area (Å²) in [4.78, 5) is 21.2. The minimum Gasteiger partial charge on any atom is -0.547 e. The van der Waals surface area contributed by atoms with E-state index in [4.69, 9.17) is 10.2 Å². The van der Waals surface area contributed by atoms with Crippen molar-refractivity contribution >= 4 is 11.9 Å². The minimum atomic E-state index is -2.27. The van der Waals surface area contributed by atoms with E-state index in [1.807, 2.05) is 21.1 Å². The van der Waals surface area contributed by atoms with Crippen LogP contribution in [0, 0.1) is 0 Å². The topological polar surface area (TPSA) is 107 Å². The molecule has 94 valence electrons. The van der Waals surface area contributed by atoms with Gasteiger partial charge in [-0.15, -0.1) is 0 Å². The number of carbonyl (C=O) groups excluding carboxylic acids is 2. The van der Waals surface area contributed by atoms with Crippen LogP contribution in [0.1, 0.15) is 0 Å². The zero-order valence-corrected chi connectivity index (χ0v) is 9.54. The Hall–Kier alpha value is -1.18. The van der Waals surface area contributed by atoms with E-state index in [1.165, 1.54) is 0 Å². The zero-order chi connectivity index (χ0) is 12.9. The number of nitrogens with zero attached hydrogens (tertiary/aromatic N) is 1. The molecule has 0 radical (unpaired) electrons. The number of ether oxygens (including phenoxy) is 1. The maximum atomic E-state index is 11.0. The maximum absolute atomic E-state index is 11.0. The molecule has 0 saturated carbocycles. The summed E-state index contributed by atoms with van der Waals surface area (Å²) in [5.41, 5.74) is 0. The van der Waals surface area contributed by atoms with Crippen LogP contribution in [0.5, 0.6) is 0 Å². The lowest BCUT2D eigenvalue weighted by Crippen LogP contribution is -2.48. The lowest BCUT2D eigenvalue weighted by Gasteiger charge is -2.24. The zero-order valence-electron chi connectivity index (χ0n) is 9.54. The van der Waals surface area contributed by atoms with Crippen molar-refractivity contribution in [3.05, 3.63) is 0 Å². The number of carbonyl (C=O) groups is 2. The monoisotopic (exact) mass is 235 g/mol. The second-order valence-corrected chi connectivity index (χ2v) is 4.39. The molecule has 0 aromatic carbocycles. The molecule has 0 fully saturated rings. The van der Waals surface area contributed by atoms with E-state index in [0.717, 1.165) is 0 Å². The average molecular weight is 235 g/mol. The van der Waals surface area contributed by atoms with Crippen molar-refractivity contribution in [1.82, 2.24) is 0 Å². The van der Waals surface area contributed by atoms with E-state index in [-0.39, 0.29) is 6.61 Å². The molecule has 0 saturated heterocycles. The van der Waals surface area contributed by atoms with Gasteiger partial charge in [0.05, 0.1) is 27.1 Å². The van der Waals surface area contributed by atoms with Gasteiger partial charge in [-0.1, -0.05) is 0 Å². The van der Waals surface area contributed by atoms with Crippen LogP contribution >= 0.6 is 0 Å². The third-order valence-electron chi connectivity index (χ3n) is 1.79. The van der Waals surface area contributed by atoms with Crippen molar-refractivity contribution in [2.24, 2.45) is 0 Å². The van der Waals surface area contributed by atoms with Gasteiger partial charge in [-0.05, 0) is 0 Å². The van der Waals surface area contributed by atoms with E-state index >= 15 is 0 Å². The number of aliphatic hydroxyl groups is 2. The van der Waals surface area contributed by atoms with Crippen molar-refractivity contribution in [1.29, 1.82) is 0 Å². The van der Waals surface area contributed by atoms with Gasteiger partial charge in [-0.25, -0.2) is 4.79 Å². The SMILES string of the molecule is C[N+](C)(C)CCOC(=O)[C@@H](O)[C@H](O)C(=O)[O-]. The van der Waals surface area contributed by atoms with Crippen LogP contribution < -0.4 is 5.11 Å². The van der Waals surface area contributed by atoms with Crippen molar-refractivity contribution in [3.63, 3.8) is 0 Å². The normalized spacial score (nSPS) is 15.3. The van der Waals surface area contributed by atoms with Crippen LogP contribution in [-0.4, -0.2) is 73.1 Å². The molecule has 0 aromatic rings. The van der Waals surface area contributed by atoms with Gasteiger partial charge in [0, 0.05) is 0 Å². The average Bonchev–Trinajstić information content (AvgIpc) is 2.13. The first kappa shape index (κ1) is 14.8. The third kappa shape index (κ3) is 5.64. The number of hydrogen-bond donors (Lipinski definition) is 2. The number of rotatable bonds is 6. The fourth-order valence-electron chi connectivity index (χ4n) is 0.763. The summed E-state index contributed by atoms with van der Waals surface area (Å²) in [6.07, 6.45) is -4.38. The van der Waals surface area contributed by atoms with Crippen LogP contribution in [0.15, 0.2) is 0 Å². The summed E-state index contributed by atoms with van der Waals surface area (Å²) in [6, 6.07) is 0. The van der Waals surface area contributed by atoms with Crippen LogP contribution in [0.4, 0.5) is 0 Å². The largest absolute Gasteiger partial charge is 0.547 e. The molecule has 7 heteroatoms. The van der Waals surface area contributed by atoms with Crippen LogP contribution in [0.3, 0.4) is 0 Å². The van der Waals surface area contributed by atoms with Gasteiger partial charge in [0.15, 0.2) is 6.10 Å². The first-order valence-electron chi connectivity index (χ1n) is 4.69. The van der Waals surface area contributed by atoms with Gasteiger partial charge in [0.1, 0.15) is 19.3 Å². The Balaban J connectivity index is 4.03. The molecule has 0 heterocycles. The quantitative estimate of drug-likeness (QED) is 0.369. The molecule has 0 aliphatic rings. The van der Waals surface area contributed by atoms with Crippen molar-refractivity contribution < 1.29 is 34.1 Å². The summed E-state index contributed by atoms with van der Waals surface area (Å²) in [7, 11) is 5.63. The van der Waals surface area contributed by atoms with E-state index in [0.29, 0.717) is 11.0 Å². The molecule has 0 spiro atoms. The number of esters is 1. The van der Waals surface area contributed by atoms with E-state index < -0.39 is 24.1 Å². The van der Waals surface area contributed by atoms with Gasteiger partial charge in [0.25, 0.3) is 0 Å². The Labute approximate surface area is 93.4 Å². The number of aliphatic carboxylic acids is 1. The highest BCUT2D eigenvalue weighted by Crippen LogP contribution is 1.97. The molecule has 0 aliphatic carbocycles. The highest BCUT2D eigenvalue weighted by Gasteiger charge is 2.27. The van der Waals surface area contributed by atoms with E-state index in [9.17, 15) is 14.7 Å². The fraction of sp³-hybridized carbons (Fsp3) is 0.778. The summed E-state index contributed by atoms with van der Waals surface area (Å²) < 4.78 is 5.14. The fourth-order valence-corrected chi connectivity index (χ4v) is 0.763. The number of likely N-dealkylation sites (N-methyl/N-ethyl adjacent to an activating group) is 1. The Kier molecular flexibility index (Phi) is 5.36. The third-order valence-corrected chi connectivity index (χ3v) is 1.79. The molecular weight excluding hydrogens is 218 g/mol. The number of carboxylic acids is 1. The van der Waals surface area contributed by atoms with E-state index in [1.54, 1.807) is 0 Å². The van der Waals surface area contributed by atoms with Gasteiger partial charge in [-0.2, -0.15) is 0 Å². The second-order valence-electron chi connectivity index (χ2n) is 4.39. The first-order chi connectivity index (χ1) is 7.15. The molecule has 7 nitrogen and oxygen atoms in total. The number of carboxylic acid groups (broad SMARTS) is 1. The highest BCUT2D eigenvalue weighted by atomic mass is 16.6. The molecule has 2 N–H and O–H groups in total. The minimum absolute atomic E-state index is 0.0269. The maximum Gasteiger partial charge on any atom is 0.338 e.